The maximum atomic E-state index is 14.4. The van der Waals surface area contributed by atoms with Gasteiger partial charge in [0.25, 0.3) is 5.56 Å². The SMILES string of the molecule is CCCNC(=O)[C@H]1[C@H](CO)[C@H]2Cn3c(ccc(-c4ccccc4F)c3=O)[C@H]2N1CC1CC1. The van der Waals surface area contributed by atoms with Gasteiger partial charge in [-0.1, -0.05) is 25.1 Å². The second-order valence-electron chi connectivity index (χ2n) is 9.40. The fourth-order valence-corrected chi connectivity index (χ4v) is 5.65. The van der Waals surface area contributed by atoms with Crippen LogP contribution in [-0.2, 0) is 11.3 Å². The minimum Gasteiger partial charge on any atom is -0.396 e. The molecule has 1 saturated heterocycles. The molecule has 1 aromatic carbocycles. The van der Waals surface area contributed by atoms with E-state index >= 15 is 0 Å². The quantitative estimate of drug-likeness (QED) is 0.696. The largest absolute Gasteiger partial charge is 0.396 e. The zero-order chi connectivity index (χ0) is 22.4. The average Bonchev–Trinajstić information content (AvgIpc) is 3.45. The second kappa shape index (κ2) is 8.45. The summed E-state index contributed by atoms with van der Waals surface area (Å²) in [6, 6.07) is 9.46. The molecule has 1 aromatic heterocycles. The first-order valence-electron chi connectivity index (χ1n) is 11.7. The first-order valence-corrected chi connectivity index (χ1v) is 11.7. The molecule has 0 unspecified atom stereocenters. The lowest BCUT2D eigenvalue weighted by atomic mass is 9.88. The number of likely N-dealkylation sites (tertiary alicyclic amines) is 1. The molecule has 0 spiro atoms. The molecule has 0 bridgehead atoms. The third-order valence-electron chi connectivity index (χ3n) is 7.34. The van der Waals surface area contributed by atoms with E-state index in [9.17, 15) is 19.1 Å². The molecule has 32 heavy (non-hydrogen) atoms. The molecule has 3 heterocycles. The second-order valence-corrected chi connectivity index (χ2v) is 9.40. The van der Waals surface area contributed by atoms with Crippen molar-refractivity contribution in [3.05, 3.63) is 58.3 Å². The number of aliphatic hydroxyl groups is 1. The predicted octanol–water partition coefficient (Wildman–Crippen LogP) is 2.55. The van der Waals surface area contributed by atoms with E-state index in [4.69, 9.17) is 0 Å². The fraction of sp³-hybridized carbons (Fsp3) is 0.520. The van der Waals surface area contributed by atoms with Gasteiger partial charge in [0, 0.05) is 49.3 Å². The number of carbonyl (C=O) groups is 1. The van der Waals surface area contributed by atoms with Gasteiger partial charge in [-0.05, 0) is 43.4 Å². The van der Waals surface area contributed by atoms with Crippen LogP contribution in [0.1, 0.15) is 37.9 Å². The molecular formula is C25H30FN3O3. The van der Waals surface area contributed by atoms with Crippen molar-refractivity contribution in [2.75, 3.05) is 19.7 Å². The summed E-state index contributed by atoms with van der Waals surface area (Å²) < 4.78 is 16.1. The molecule has 4 atom stereocenters. The maximum Gasteiger partial charge on any atom is 0.258 e. The highest BCUT2D eigenvalue weighted by Gasteiger charge is 2.56. The van der Waals surface area contributed by atoms with Gasteiger partial charge < -0.3 is 15.0 Å². The van der Waals surface area contributed by atoms with E-state index in [2.05, 4.69) is 10.2 Å². The molecule has 2 N–H and O–H groups in total. The third-order valence-corrected chi connectivity index (χ3v) is 7.34. The zero-order valence-electron chi connectivity index (χ0n) is 18.3. The Labute approximate surface area is 187 Å². The number of nitrogens with zero attached hydrogens (tertiary/aromatic N) is 2. The first-order chi connectivity index (χ1) is 15.5. The van der Waals surface area contributed by atoms with Gasteiger partial charge >= 0.3 is 0 Å². The molecule has 7 heteroatoms. The Kier molecular flexibility index (Phi) is 5.63. The Morgan fingerprint density at radius 1 is 1.19 bits per heavy atom. The molecule has 2 aliphatic heterocycles. The number of aliphatic hydroxyl groups excluding tert-OH is 1. The third kappa shape index (κ3) is 3.48. The minimum atomic E-state index is -0.417. The molecule has 170 valence electrons. The molecule has 3 aliphatic rings. The number of benzene rings is 1. The van der Waals surface area contributed by atoms with Gasteiger partial charge in [-0.2, -0.15) is 0 Å². The van der Waals surface area contributed by atoms with Crippen LogP contribution in [-0.4, -0.2) is 46.2 Å². The summed E-state index contributed by atoms with van der Waals surface area (Å²) in [6.45, 7) is 3.76. The summed E-state index contributed by atoms with van der Waals surface area (Å²) in [4.78, 5) is 28.7. The molecule has 1 amide bonds. The van der Waals surface area contributed by atoms with Crippen LogP contribution in [0, 0.1) is 23.6 Å². The lowest BCUT2D eigenvalue weighted by Gasteiger charge is -2.31. The van der Waals surface area contributed by atoms with Gasteiger partial charge in [-0.3, -0.25) is 14.5 Å². The predicted molar refractivity (Wildman–Crippen MR) is 119 cm³/mol. The highest BCUT2D eigenvalue weighted by molar-refractivity contribution is 5.82. The van der Waals surface area contributed by atoms with Crippen LogP contribution in [0.4, 0.5) is 4.39 Å². The van der Waals surface area contributed by atoms with Crippen LogP contribution >= 0.6 is 0 Å². The molecule has 0 radical (unpaired) electrons. The van der Waals surface area contributed by atoms with Crippen LogP contribution in [0.5, 0.6) is 0 Å². The summed E-state index contributed by atoms with van der Waals surface area (Å²) in [6.07, 6.45) is 3.16. The average molecular weight is 440 g/mol. The van der Waals surface area contributed by atoms with E-state index in [1.807, 2.05) is 13.0 Å². The Hall–Kier alpha value is -2.51. The Morgan fingerprint density at radius 2 is 1.97 bits per heavy atom. The van der Waals surface area contributed by atoms with Crippen molar-refractivity contribution in [1.29, 1.82) is 0 Å². The molecular weight excluding hydrogens is 409 g/mol. The van der Waals surface area contributed by atoms with E-state index in [1.54, 1.807) is 28.8 Å². The number of carbonyl (C=O) groups excluding carboxylic acids is 1. The number of fused-ring (bicyclic) bond motifs is 3. The lowest BCUT2D eigenvalue weighted by molar-refractivity contribution is -0.127. The molecule has 2 fully saturated rings. The van der Waals surface area contributed by atoms with Crippen LogP contribution < -0.4 is 10.9 Å². The molecule has 6 nitrogen and oxygen atoms in total. The first kappa shape index (κ1) is 21.3. The smallest absolute Gasteiger partial charge is 0.258 e. The van der Waals surface area contributed by atoms with Crippen LogP contribution in [0.25, 0.3) is 11.1 Å². The number of pyridine rings is 1. The lowest BCUT2D eigenvalue weighted by Crippen LogP contribution is -2.49. The van der Waals surface area contributed by atoms with E-state index in [0.29, 0.717) is 30.1 Å². The van der Waals surface area contributed by atoms with Crippen molar-refractivity contribution in [2.24, 2.45) is 17.8 Å². The molecule has 1 aliphatic carbocycles. The summed E-state index contributed by atoms with van der Waals surface area (Å²) in [5, 5.41) is 13.3. The van der Waals surface area contributed by atoms with Crippen molar-refractivity contribution in [1.82, 2.24) is 14.8 Å². The topological polar surface area (TPSA) is 74.6 Å². The van der Waals surface area contributed by atoms with Crippen molar-refractivity contribution in [3.63, 3.8) is 0 Å². The highest BCUT2D eigenvalue weighted by Crippen LogP contribution is 2.50. The summed E-state index contributed by atoms with van der Waals surface area (Å²) in [7, 11) is 0. The number of halogens is 1. The zero-order valence-corrected chi connectivity index (χ0v) is 18.3. The van der Waals surface area contributed by atoms with E-state index in [1.165, 1.54) is 6.07 Å². The number of aromatic nitrogens is 1. The Morgan fingerprint density at radius 3 is 2.66 bits per heavy atom. The van der Waals surface area contributed by atoms with E-state index < -0.39 is 11.9 Å². The van der Waals surface area contributed by atoms with Crippen LogP contribution in [0.2, 0.25) is 0 Å². The molecule has 2 aromatic rings. The van der Waals surface area contributed by atoms with E-state index in [-0.39, 0.29) is 36.0 Å². The van der Waals surface area contributed by atoms with E-state index in [0.717, 1.165) is 31.5 Å². The van der Waals surface area contributed by atoms with Gasteiger partial charge in [0.2, 0.25) is 5.91 Å². The summed E-state index contributed by atoms with van der Waals surface area (Å²) in [5.41, 5.74) is 1.30. The fourth-order valence-electron chi connectivity index (χ4n) is 5.65. The molecule has 5 rings (SSSR count). The normalized spacial score (nSPS) is 26.7. The maximum absolute atomic E-state index is 14.4. The van der Waals surface area contributed by atoms with Crippen molar-refractivity contribution in [3.8, 4) is 11.1 Å². The number of amides is 1. The Balaban J connectivity index is 1.55. The number of rotatable bonds is 7. The summed E-state index contributed by atoms with van der Waals surface area (Å²) >= 11 is 0. The minimum absolute atomic E-state index is 0.0281. The van der Waals surface area contributed by atoms with Crippen LogP contribution in [0.3, 0.4) is 0 Å². The van der Waals surface area contributed by atoms with Crippen molar-refractivity contribution >= 4 is 5.91 Å². The number of nitrogens with one attached hydrogen (secondary N) is 1. The standard InChI is InChI=1S/C25H30FN3O3/c1-2-11-27-24(31)23-19(14-30)18-13-28-21(22(18)29(23)12-15-7-8-15)10-9-17(25(28)32)16-5-3-4-6-20(16)26/h3-6,9-10,15,18-19,22-23,30H,2,7-8,11-14H2,1H3,(H,27,31)/t18-,19-,22+,23-/m1/s1. The Bertz CT molecular complexity index is 1080. The van der Waals surface area contributed by atoms with Gasteiger partial charge in [0.1, 0.15) is 5.82 Å². The van der Waals surface area contributed by atoms with Gasteiger partial charge in [0.15, 0.2) is 0 Å². The van der Waals surface area contributed by atoms with Gasteiger partial charge in [-0.25, -0.2) is 4.39 Å². The highest BCUT2D eigenvalue weighted by atomic mass is 19.1. The van der Waals surface area contributed by atoms with Crippen LogP contribution in [0.15, 0.2) is 41.2 Å². The number of hydrogen-bond acceptors (Lipinski definition) is 4. The molecule has 1 saturated carbocycles. The summed E-state index contributed by atoms with van der Waals surface area (Å²) in [5.74, 6) is -0.156. The van der Waals surface area contributed by atoms with Gasteiger partial charge in [-0.15, -0.1) is 0 Å². The van der Waals surface area contributed by atoms with Gasteiger partial charge in [0.05, 0.1) is 17.6 Å². The monoisotopic (exact) mass is 439 g/mol. The number of hydrogen-bond donors (Lipinski definition) is 2. The van der Waals surface area contributed by atoms with Crippen molar-refractivity contribution in [2.45, 2.75) is 44.8 Å². The van der Waals surface area contributed by atoms with Crippen molar-refractivity contribution < 1.29 is 14.3 Å².